The Morgan fingerprint density at radius 1 is 1.04 bits per heavy atom. The van der Waals surface area contributed by atoms with Crippen molar-refractivity contribution in [2.45, 2.75) is 13.5 Å². The number of halogens is 1. The van der Waals surface area contributed by atoms with Crippen LogP contribution in [0.25, 0.3) is 0 Å². The van der Waals surface area contributed by atoms with Gasteiger partial charge in [-0.3, -0.25) is 4.79 Å². The van der Waals surface area contributed by atoms with Gasteiger partial charge in [0.05, 0.1) is 6.21 Å². The lowest BCUT2D eigenvalue weighted by atomic mass is 10.2. The van der Waals surface area contributed by atoms with Gasteiger partial charge in [0.1, 0.15) is 32.7 Å². The van der Waals surface area contributed by atoms with Crippen molar-refractivity contribution in [1.29, 1.82) is 0 Å². The monoisotopic (exact) mass is 386 g/mol. The molecule has 0 spiro atoms. The Morgan fingerprint density at radius 3 is 2.33 bits per heavy atom. The summed E-state index contributed by atoms with van der Waals surface area (Å²) in [6, 6.07) is 16.1. The summed E-state index contributed by atoms with van der Waals surface area (Å²) in [7, 11) is 0. The van der Waals surface area contributed by atoms with Crippen molar-refractivity contribution < 1.29 is 14.6 Å². The van der Waals surface area contributed by atoms with Crippen molar-refractivity contribution in [2.75, 3.05) is 32.7 Å². The molecule has 1 amide bonds. The van der Waals surface area contributed by atoms with Gasteiger partial charge in [0.2, 0.25) is 0 Å². The Kier molecular flexibility index (Phi) is 6.98. The zero-order valence-corrected chi connectivity index (χ0v) is 16.4. The number of piperazine rings is 1. The minimum Gasteiger partial charge on any atom is -0.322 e. The van der Waals surface area contributed by atoms with Gasteiger partial charge in [0, 0.05) is 10.6 Å². The summed E-state index contributed by atoms with van der Waals surface area (Å²) in [6.45, 7) is 7.66. The lowest BCUT2D eigenvalue weighted by molar-refractivity contribution is -1.02. The minimum absolute atomic E-state index is 0.0329. The highest BCUT2D eigenvalue weighted by Gasteiger charge is 2.24. The summed E-state index contributed by atoms with van der Waals surface area (Å²) in [6.07, 6.45) is 1.68. The van der Waals surface area contributed by atoms with Gasteiger partial charge in [-0.15, -0.1) is 0 Å². The maximum absolute atomic E-state index is 12.1. The first-order valence-corrected chi connectivity index (χ1v) is 9.76. The van der Waals surface area contributed by atoms with Gasteiger partial charge in [0.15, 0.2) is 6.54 Å². The number of quaternary nitrogens is 2. The van der Waals surface area contributed by atoms with Crippen molar-refractivity contribution in [3.05, 3.63) is 70.2 Å². The van der Waals surface area contributed by atoms with E-state index in [0.29, 0.717) is 6.54 Å². The minimum atomic E-state index is -0.0329. The molecular weight excluding hydrogens is 360 g/mol. The van der Waals surface area contributed by atoms with Gasteiger partial charge in [-0.25, -0.2) is 5.43 Å². The molecule has 3 rings (SSSR count). The summed E-state index contributed by atoms with van der Waals surface area (Å²) in [5.41, 5.74) is 6.13. The van der Waals surface area contributed by atoms with Crippen LogP contribution >= 0.6 is 11.6 Å². The van der Waals surface area contributed by atoms with Crippen molar-refractivity contribution in [3.8, 4) is 0 Å². The van der Waals surface area contributed by atoms with Gasteiger partial charge in [-0.1, -0.05) is 53.6 Å². The number of hydrogen-bond acceptors (Lipinski definition) is 2. The van der Waals surface area contributed by atoms with Crippen molar-refractivity contribution in [2.24, 2.45) is 5.10 Å². The van der Waals surface area contributed by atoms with E-state index < -0.39 is 0 Å². The molecule has 0 aliphatic carbocycles. The van der Waals surface area contributed by atoms with E-state index in [1.165, 1.54) is 16.0 Å². The molecular formula is C21H27ClN4O+2. The van der Waals surface area contributed by atoms with E-state index in [2.05, 4.69) is 22.7 Å². The summed E-state index contributed by atoms with van der Waals surface area (Å²) in [5, 5.41) is 4.84. The number of nitrogens with one attached hydrogen (secondary N) is 3. The molecule has 2 aromatic rings. The highest BCUT2D eigenvalue weighted by Crippen LogP contribution is 2.08. The van der Waals surface area contributed by atoms with Crippen LogP contribution in [0, 0.1) is 6.92 Å². The second-order valence-electron chi connectivity index (χ2n) is 7.18. The van der Waals surface area contributed by atoms with Gasteiger partial charge >= 0.3 is 0 Å². The first-order chi connectivity index (χ1) is 13.1. The molecule has 3 N–H and O–H groups in total. The van der Waals surface area contributed by atoms with Crippen molar-refractivity contribution in [3.63, 3.8) is 0 Å². The fraction of sp³-hybridized carbons (Fsp3) is 0.333. The zero-order valence-electron chi connectivity index (χ0n) is 15.7. The Bertz CT molecular complexity index is 766. The molecule has 1 heterocycles. The number of carbonyl (C=O) groups is 1. The van der Waals surface area contributed by atoms with E-state index in [-0.39, 0.29) is 5.91 Å². The summed E-state index contributed by atoms with van der Waals surface area (Å²) in [4.78, 5) is 15.0. The van der Waals surface area contributed by atoms with Crippen molar-refractivity contribution >= 4 is 23.7 Å². The lowest BCUT2D eigenvalue weighted by Gasteiger charge is -2.29. The number of hydrogen-bond donors (Lipinski definition) is 3. The molecule has 0 atom stereocenters. The molecule has 0 saturated carbocycles. The van der Waals surface area contributed by atoms with Gasteiger partial charge in [-0.2, -0.15) is 5.10 Å². The molecule has 142 valence electrons. The van der Waals surface area contributed by atoms with Crippen LogP contribution in [0.15, 0.2) is 53.6 Å². The molecule has 6 heteroatoms. The molecule has 0 unspecified atom stereocenters. The fourth-order valence-electron chi connectivity index (χ4n) is 3.30. The van der Waals surface area contributed by atoms with E-state index in [1.54, 1.807) is 11.1 Å². The standard InChI is InChI=1S/C21H25ClN4O/c1-17-2-4-18(5-3-17)14-23-24-21(27)16-26-12-10-25(11-13-26)15-19-6-8-20(22)9-7-19/h2-9,14H,10-13,15-16H2,1H3,(H,24,27)/p+2/b23-14-. The largest absolute Gasteiger partial charge is 0.322 e. The molecule has 5 nitrogen and oxygen atoms in total. The third kappa shape index (κ3) is 6.47. The third-order valence-corrected chi connectivity index (χ3v) is 5.17. The predicted molar refractivity (Wildman–Crippen MR) is 108 cm³/mol. The van der Waals surface area contributed by atoms with Crippen LogP contribution in [0.2, 0.25) is 5.02 Å². The van der Waals surface area contributed by atoms with E-state index in [1.807, 2.05) is 43.3 Å². The second-order valence-corrected chi connectivity index (χ2v) is 7.62. The van der Waals surface area contributed by atoms with Crippen molar-refractivity contribution in [1.82, 2.24) is 5.43 Å². The number of benzene rings is 2. The number of carbonyl (C=O) groups excluding carboxylic acids is 1. The number of hydrazone groups is 1. The van der Waals surface area contributed by atoms with E-state index >= 15 is 0 Å². The molecule has 1 aliphatic heterocycles. The lowest BCUT2D eigenvalue weighted by Crippen LogP contribution is -3.28. The molecule has 0 aromatic heterocycles. The number of amides is 1. The topological polar surface area (TPSA) is 50.3 Å². The van der Waals surface area contributed by atoms with Crippen LogP contribution in [0.1, 0.15) is 16.7 Å². The van der Waals surface area contributed by atoms with Gasteiger partial charge in [-0.05, 0) is 24.6 Å². The molecule has 27 heavy (non-hydrogen) atoms. The van der Waals surface area contributed by atoms with E-state index in [0.717, 1.165) is 43.3 Å². The first-order valence-electron chi connectivity index (χ1n) is 9.38. The Morgan fingerprint density at radius 2 is 1.67 bits per heavy atom. The van der Waals surface area contributed by atoms with Crippen LogP contribution in [0.5, 0.6) is 0 Å². The van der Waals surface area contributed by atoms with E-state index in [9.17, 15) is 4.79 Å². The molecule has 2 aromatic carbocycles. The summed E-state index contributed by atoms with van der Waals surface area (Å²) >= 11 is 5.94. The smallest absolute Gasteiger partial charge is 0.295 e. The maximum atomic E-state index is 12.1. The number of rotatable bonds is 6. The molecule has 1 aliphatic rings. The maximum Gasteiger partial charge on any atom is 0.295 e. The SMILES string of the molecule is Cc1ccc(/C=N\NC(=O)C[NH+]2CC[NH+](Cc3ccc(Cl)cc3)CC2)cc1. The average molecular weight is 387 g/mol. The van der Waals surface area contributed by atoms with E-state index in [4.69, 9.17) is 11.6 Å². The molecule has 1 fully saturated rings. The van der Waals surface area contributed by atoms with Crippen LogP contribution in [0.3, 0.4) is 0 Å². The van der Waals surface area contributed by atoms with Crippen LogP contribution in [0.4, 0.5) is 0 Å². The molecule has 0 radical (unpaired) electrons. The number of aryl methyl sites for hydroxylation is 1. The average Bonchev–Trinajstić information content (AvgIpc) is 2.67. The summed E-state index contributed by atoms with van der Waals surface area (Å²) in [5.74, 6) is -0.0329. The Balaban J connectivity index is 1.37. The predicted octanol–water partition coefficient (Wildman–Crippen LogP) is 0.0821. The highest BCUT2D eigenvalue weighted by molar-refractivity contribution is 6.30. The molecule has 1 saturated heterocycles. The van der Waals surface area contributed by atoms with Crippen LogP contribution in [-0.2, 0) is 11.3 Å². The van der Waals surface area contributed by atoms with Gasteiger partial charge in [0.25, 0.3) is 5.91 Å². The summed E-state index contributed by atoms with van der Waals surface area (Å²) < 4.78 is 0. The fourth-order valence-corrected chi connectivity index (χ4v) is 3.43. The second kappa shape index (κ2) is 9.65. The molecule has 0 bridgehead atoms. The number of nitrogens with zero attached hydrogens (tertiary/aromatic N) is 1. The van der Waals surface area contributed by atoms with Crippen LogP contribution in [-0.4, -0.2) is 44.8 Å². The Hall–Kier alpha value is -2.21. The normalized spacial score (nSPS) is 19.9. The first kappa shape index (κ1) is 19.5. The van der Waals surface area contributed by atoms with Gasteiger partial charge < -0.3 is 9.80 Å². The Labute approximate surface area is 165 Å². The quantitative estimate of drug-likeness (QED) is 0.478. The zero-order chi connectivity index (χ0) is 19.1. The highest BCUT2D eigenvalue weighted by atomic mass is 35.5. The third-order valence-electron chi connectivity index (χ3n) is 4.92. The van der Waals surface area contributed by atoms with Crippen LogP contribution < -0.4 is 15.2 Å².